The van der Waals surface area contributed by atoms with E-state index in [4.69, 9.17) is 21.1 Å². The Balaban J connectivity index is 1.93. The molecule has 8 heteroatoms. The third-order valence-corrected chi connectivity index (χ3v) is 7.58. The highest BCUT2D eigenvalue weighted by molar-refractivity contribution is 7.91. The minimum atomic E-state index is -3.54. The molecule has 0 amide bonds. The molecule has 2 aromatic rings. The summed E-state index contributed by atoms with van der Waals surface area (Å²) in [6.45, 7) is 1.40. The Hall–Kier alpha value is -1.12. The van der Waals surface area contributed by atoms with Gasteiger partial charge >= 0.3 is 0 Å². The number of ether oxygens (including phenoxy) is 2. The van der Waals surface area contributed by atoms with Crippen molar-refractivity contribution in [2.24, 2.45) is 0 Å². The Morgan fingerprint density at radius 1 is 1.32 bits per heavy atom. The topological polar surface area (TPSA) is 64.6 Å². The van der Waals surface area contributed by atoms with Crippen LogP contribution in [0.4, 0.5) is 0 Å². The molecule has 1 aromatic carbocycles. The summed E-state index contributed by atoms with van der Waals surface area (Å²) in [6.07, 6.45) is 1.38. The predicted octanol–water partition coefficient (Wildman–Crippen LogP) is 3.44. The zero-order valence-corrected chi connectivity index (χ0v) is 16.2. The van der Waals surface area contributed by atoms with E-state index >= 15 is 0 Å². The van der Waals surface area contributed by atoms with Gasteiger partial charge in [-0.1, -0.05) is 17.7 Å². The Labute approximate surface area is 157 Å². The molecule has 1 aliphatic rings. The summed E-state index contributed by atoms with van der Waals surface area (Å²) < 4.78 is 39.2. The van der Waals surface area contributed by atoms with Crippen LogP contribution in [0.25, 0.3) is 0 Å². The smallest absolute Gasteiger partial charge is 0.250 e. The van der Waals surface area contributed by atoms with Gasteiger partial charge in [-0.05, 0) is 42.5 Å². The number of sulfonamides is 1. The standard InChI is InChI=1S/C17H20ClNO4S2/c1-22-15-5-4-13(18)11-14(15)17(6-8-23-9-7-17)12-19-25(20,21)16-3-2-10-24-16/h2-5,10-11,19H,6-9,12H2,1H3. The van der Waals surface area contributed by atoms with Crippen molar-refractivity contribution in [2.75, 3.05) is 26.9 Å². The van der Waals surface area contributed by atoms with Gasteiger partial charge in [-0.2, -0.15) is 0 Å². The molecule has 0 aliphatic carbocycles. The second-order valence-electron chi connectivity index (χ2n) is 5.99. The lowest BCUT2D eigenvalue weighted by molar-refractivity contribution is 0.0509. The van der Waals surface area contributed by atoms with Crippen LogP contribution in [-0.2, 0) is 20.2 Å². The average molecular weight is 402 g/mol. The summed E-state index contributed by atoms with van der Waals surface area (Å²) in [5.74, 6) is 0.710. The normalized spacial score (nSPS) is 17.4. The monoisotopic (exact) mass is 401 g/mol. The number of thiophene rings is 1. The van der Waals surface area contributed by atoms with Crippen LogP contribution >= 0.6 is 22.9 Å². The SMILES string of the molecule is COc1ccc(Cl)cc1C1(CNS(=O)(=O)c2cccs2)CCOCC1. The van der Waals surface area contributed by atoms with Gasteiger partial charge in [-0.15, -0.1) is 11.3 Å². The number of rotatable bonds is 6. The van der Waals surface area contributed by atoms with Crippen molar-refractivity contribution in [3.63, 3.8) is 0 Å². The van der Waals surface area contributed by atoms with Crippen LogP contribution < -0.4 is 9.46 Å². The first-order valence-electron chi connectivity index (χ1n) is 7.92. The van der Waals surface area contributed by atoms with Gasteiger partial charge in [-0.3, -0.25) is 0 Å². The van der Waals surface area contributed by atoms with Crippen LogP contribution in [0.2, 0.25) is 5.02 Å². The maximum absolute atomic E-state index is 12.5. The van der Waals surface area contributed by atoms with E-state index in [0.717, 1.165) is 5.56 Å². The van der Waals surface area contributed by atoms with Crippen LogP contribution in [0, 0.1) is 0 Å². The van der Waals surface area contributed by atoms with Crippen molar-refractivity contribution < 1.29 is 17.9 Å². The number of hydrogen-bond donors (Lipinski definition) is 1. The minimum absolute atomic E-state index is 0.271. The molecule has 3 rings (SSSR count). The van der Waals surface area contributed by atoms with Gasteiger partial charge in [0.1, 0.15) is 9.96 Å². The third-order valence-electron chi connectivity index (χ3n) is 4.54. The summed E-state index contributed by atoms with van der Waals surface area (Å²) in [4.78, 5) is 0. The van der Waals surface area contributed by atoms with E-state index in [0.29, 0.717) is 41.0 Å². The number of benzene rings is 1. The molecule has 0 spiro atoms. The molecular formula is C17H20ClNO4S2. The highest BCUT2D eigenvalue weighted by Gasteiger charge is 2.38. The highest BCUT2D eigenvalue weighted by atomic mass is 35.5. The molecule has 5 nitrogen and oxygen atoms in total. The van der Waals surface area contributed by atoms with Crippen LogP contribution in [0.3, 0.4) is 0 Å². The van der Waals surface area contributed by atoms with E-state index < -0.39 is 15.4 Å². The van der Waals surface area contributed by atoms with Gasteiger partial charge in [0.2, 0.25) is 10.0 Å². The van der Waals surface area contributed by atoms with Crippen LogP contribution in [-0.4, -0.2) is 35.3 Å². The van der Waals surface area contributed by atoms with E-state index in [2.05, 4.69) is 4.72 Å². The van der Waals surface area contributed by atoms with E-state index in [9.17, 15) is 8.42 Å². The van der Waals surface area contributed by atoms with Gasteiger partial charge in [-0.25, -0.2) is 13.1 Å². The van der Waals surface area contributed by atoms with Crippen molar-refractivity contribution in [1.82, 2.24) is 4.72 Å². The predicted molar refractivity (Wildman–Crippen MR) is 99.2 cm³/mol. The maximum atomic E-state index is 12.5. The molecule has 0 atom stereocenters. The molecule has 1 N–H and O–H groups in total. The number of hydrogen-bond acceptors (Lipinski definition) is 5. The second-order valence-corrected chi connectivity index (χ2v) is 9.37. The van der Waals surface area contributed by atoms with Gasteiger partial charge in [0.05, 0.1) is 7.11 Å². The first-order valence-corrected chi connectivity index (χ1v) is 10.7. The maximum Gasteiger partial charge on any atom is 0.250 e. The molecule has 25 heavy (non-hydrogen) atoms. The molecule has 1 fully saturated rings. The molecule has 1 saturated heterocycles. The van der Waals surface area contributed by atoms with Gasteiger partial charge in [0.25, 0.3) is 0 Å². The molecule has 0 unspecified atom stereocenters. The number of nitrogens with one attached hydrogen (secondary N) is 1. The second kappa shape index (κ2) is 7.63. The fourth-order valence-electron chi connectivity index (χ4n) is 3.12. The highest BCUT2D eigenvalue weighted by Crippen LogP contribution is 2.41. The zero-order valence-electron chi connectivity index (χ0n) is 13.8. The summed E-state index contributed by atoms with van der Waals surface area (Å²) in [5.41, 5.74) is 0.499. The fraction of sp³-hybridized carbons (Fsp3) is 0.412. The van der Waals surface area contributed by atoms with Crippen molar-refractivity contribution in [2.45, 2.75) is 22.5 Å². The lowest BCUT2D eigenvalue weighted by Crippen LogP contribution is -2.44. The first-order chi connectivity index (χ1) is 12.0. The Kier molecular flexibility index (Phi) is 5.70. The van der Waals surface area contributed by atoms with E-state index in [1.54, 1.807) is 30.7 Å². The van der Waals surface area contributed by atoms with Crippen LogP contribution in [0.15, 0.2) is 39.9 Å². The summed E-state index contributed by atoms with van der Waals surface area (Å²) in [5, 5.41) is 2.35. The fourth-order valence-corrected chi connectivity index (χ4v) is 5.46. The van der Waals surface area contributed by atoms with E-state index in [-0.39, 0.29) is 6.54 Å². The van der Waals surface area contributed by atoms with Gasteiger partial charge in [0, 0.05) is 35.8 Å². The molecule has 0 saturated carbocycles. The summed E-state index contributed by atoms with van der Waals surface area (Å²) >= 11 is 7.40. The van der Waals surface area contributed by atoms with Gasteiger partial charge < -0.3 is 9.47 Å². The van der Waals surface area contributed by atoms with Crippen molar-refractivity contribution >= 4 is 33.0 Å². The van der Waals surface area contributed by atoms with Gasteiger partial charge in [0.15, 0.2) is 0 Å². The molecule has 1 aliphatic heterocycles. The molecule has 2 heterocycles. The number of halogens is 1. The Morgan fingerprint density at radius 3 is 2.72 bits per heavy atom. The molecule has 0 radical (unpaired) electrons. The lowest BCUT2D eigenvalue weighted by Gasteiger charge is -2.38. The first kappa shape index (κ1) is 18.7. The quantitative estimate of drug-likeness (QED) is 0.805. The van der Waals surface area contributed by atoms with E-state index in [1.807, 2.05) is 12.1 Å². The van der Waals surface area contributed by atoms with E-state index in [1.165, 1.54) is 11.3 Å². The lowest BCUT2D eigenvalue weighted by atomic mass is 9.74. The zero-order chi connectivity index (χ0) is 17.9. The third kappa shape index (κ3) is 4.01. The van der Waals surface area contributed by atoms with Crippen molar-refractivity contribution in [1.29, 1.82) is 0 Å². The minimum Gasteiger partial charge on any atom is -0.496 e. The largest absolute Gasteiger partial charge is 0.496 e. The Bertz CT molecular complexity index is 815. The Morgan fingerprint density at radius 2 is 2.08 bits per heavy atom. The van der Waals surface area contributed by atoms with Crippen LogP contribution in [0.5, 0.6) is 5.75 Å². The summed E-state index contributed by atoms with van der Waals surface area (Å²) in [6, 6.07) is 8.79. The van der Waals surface area contributed by atoms with Crippen molar-refractivity contribution in [3.8, 4) is 5.75 Å². The average Bonchev–Trinajstić information content (AvgIpc) is 3.17. The molecule has 0 bridgehead atoms. The molecule has 136 valence electrons. The molecule has 1 aromatic heterocycles. The molecular weight excluding hydrogens is 382 g/mol. The number of methoxy groups -OCH3 is 1. The summed E-state index contributed by atoms with van der Waals surface area (Å²) in [7, 11) is -1.93. The van der Waals surface area contributed by atoms with Crippen LogP contribution in [0.1, 0.15) is 18.4 Å². The van der Waals surface area contributed by atoms with Crippen molar-refractivity contribution in [3.05, 3.63) is 46.3 Å².